The molecule has 0 aliphatic heterocycles. The van der Waals surface area contributed by atoms with Crippen LogP contribution in [0.3, 0.4) is 0 Å². The van der Waals surface area contributed by atoms with Crippen LogP contribution in [0, 0.1) is 29.6 Å². The summed E-state index contributed by atoms with van der Waals surface area (Å²) in [6, 6.07) is 56.0. The van der Waals surface area contributed by atoms with Gasteiger partial charge in [-0.2, -0.15) is 0 Å². The molecule has 0 heterocycles. The number of carbonyl (C=O) groups is 6. The molecule has 0 spiro atoms. The van der Waals surface area contributed by atoms with Gasteiger partial charge in [0.1, 0.15) is 13.2 Å². The van der Waals surface area contributed by atoms with E-state index in [1.165, 1.54) is 5.56 Å². The summed E-state index contributed by atoms with van der Waals surface area (Å²) in [6.07, 6.45) is 4.38. The monoisotopic (exact) mass is 1060 g/mol. The van der Waals surface area contributed by atoms with E-state index in [4.69, 9.17) is 15.2 Å². The molecule has 412 valence electrons. The van der Waals surface area contributed by atoms with Crippen molar-refractivity contribution in [2.75, 3.05) is 0 Å². The highest BCUT2D eigenvalue weighted by Gasteiger charge is 2.32. The molecule has 2 amide bonds. The third-order valence-electron chi connectivity index (χ3n) is 13.6. The molecule has 11 nitrogen and oxygen atoms in total. The first-order chi connectivity index (χ1) is 37.6. The van der Waals surface area contributed by atoms with E-state index >= 15 is 0 Å². The second kappa shape index (κ2) is 33.6. The topological polar surface area (TPSA) is 171 Å². The van der Waals surface area contributed by atoms with Crippen molar-refractivity contribution in [3.05, 3.63) is 215 Å². The number of amides is 2. The predicted octanol–water partition coefficient (Wildman–Crippen LogP) is 11.4. The van der Waals surface area contributed by atoms with Gasteiger partial charge in [-0.3, -0.25) is 28.8 Å². The molecule has 6 aromatic carbocycles. The van der Waals surface area contributed by atoms with E-state index in [9.17, 15) is 28.8 Å². The third kappa shape index (κ3) is 23.0. The molecule has 11 heteroatoms. The number of Topliss-reactive ketones (excluding diaryl/α,β-unsaturated/α-hetero) is 2. The van der Waals surface area contributed by atoms with Gasteiger partial charge in [0.15, 0.2) is 11.6 Å². The van der Waals surface area contributed by atoms with Crippen molar-refractivity contribution in [3.63, 3.8) is 0 Å². The lowest BCUT2D eigenvalue weighted by atomic mass is 9.89. The molecule has 0 saturated heterocycles. The Balaban J connectivity index is 0.000000287. The minimum absolute atomic E-state index is 0.0125. The van der Waals surface area contributed by atoms with Crippen LogP contribution in [0.5, 0.6) is 0 Å². The Bertz CT molecular complexity index is 2520. The van der Waals surface area contributed by atoms with E-state index in [-0.39, 0.29) is 67.2 Å². The van der Waals surface area contributed by atoms with Crippen molar-refractivity contribution in [3.8, 4) is 0 Å². The molecule has 0 unspecified atom stereocenters. The lowest BCUT2D eigenvalue weighted by Gasteiger charge is -2.24. The molecule has 0 fully saturated rings. The molecular weight excluding hydrogens is 975 g/mol. The van der Waals surface area contributed by atoms with Gasteiger partial charge < -0.3 is 25.8 Å². The van der Waals surface area contributed by atoms with Crippen LogP contribution in [-0.4, -0.2) is 53.4 Å². The van der Waals surface area contributed by atoms with Gasteiger partial charge in [-0.25, -0.2) is 0 Å². The highest BCUT2D eigenvalue weighted by atomic mass is 16.5. The summed E-state index contributed by atoms with van der Waals surface area (Å²) in [5, 5.41) is 5.89. The minimum Gasteiger partial charge on any atom is -0.461 e. The van der Waals surface area contributed by atoms with Gasteiger partial charge >= 0.3 is 11.9 Å². The first-order valence-electron chi connectivity index (χ1n) is 27.6. The number of aryl methyl sites for hydroxylation is 2. The van der Waals surface area contributed by atoms with Gasteiger partial charge in [0.2, 0.25) is 11.8 Å². The second-order valence-corrected chi connectivity index (χ2v) is 21.2. The van der Waals surface area contributed by atoms with Crippen molar-refractivity contribution in [2.24, 2.45) is 35.3 Å². The fourth-order valence-corrected chi connectivity index (χ4v) is 9.07. The first-order valence-corrected chi connectivity index (χ1v) is 27.6. The number of rotatable bonds is 30. The molecule has 6 rings (SSSR count). The minimum atomic E-state index is -0.733. The predicted molar refractivity (Wildman–Crippen MR) is 308 cm³/mol. The highest BCUT2D eigenvalue weighted by molar-refractivity contribution is 5.93. The van der Waals surface area contributed by atoms with Crippen LogP contribution in [-0.2, 0) is 77.1 Å². The van der Waals surface area contributed by atoms with Gasteiger partial charge in [-0.1, -0.05) is 217 Å². The van der Waals surface area contributed by atoms with Gasteiger partial charge in [-0.05, 0) is 96.6 Å². The van der Waals surface area contributed by atoms with E-state index in [0.717, 1.165) is 34.2 Å². The smallest absolute Gasteiger partial charge is 0.310 e. The number of hydrogen-bond acceptors (Lipinski definition) is 9. The largest absolute Gasteiger partial charge is 0.461 e. The summed E-state index contributed by atoms with van der Waals surface area (Å²) in [7, 11) is 0. The average Bonchev–Trinajstić information content (AvgIpc) is 3.45. The number of hydrogen-bond donors (Lipinski definition) is 3. The van der Waals surface area contributed by atoms with Crippen LogP contribution in [0.15, 0.2) is 182 Å². The highest BCUT2D eigenvalue weighted by Crippen LogP contribution is 2.22. The van der Waals surface area contributed by atoms with Crippen LogP contribution in [0.1, 0.15) is 107 Å². The zero-order valence-corrected chi connectivity index (χ0v) is 46.3. The van der Waals surface area contributed by atoms with E-state index in [1.54, 1.807) is 0 Å². The number of ether oxygens (including phenoxy) is 2. The normalized spacial score (nSPS) is 13.3. The van der Waals surface area contributed by atoms with Gasteiger partial charge in [0, 0.05) is 18.8 Å². The maximum Gasteiger partial charge on any atom is 0.310 e. The number of nitrogens with two attached hydrogens (primary N) is 1. The van der Waals surface area contributed by atoms with Gasteiger partial charge in [-0.15, -0.1) is 0 Å². The summed E-state index contributed by atoms with van der Waals surface area (Å²) in [5.41, 5.74) is 12.2. The van der Waals surface area contributed by atoms with Crippen molar-refractivity contribution < 1.29 is 38.2 Å². The first kappa shape index (κ1) is 61.4. The molecule has 6 atom stereocenters. The van der Waals surface area contributed by atoms with Crippen LogP contribution >= 0.6 is 0 Å². The Hall–Kier alpha value is -7.50. The number of benzene rings is 6. The number of nitrogens with one attached hydrogen (secondary N) is 2. The maximum atomic E-state index is 13.6. The van der Waals surface area contributed by atoms with Crippen molar-refractivity contribution in [2.45, 2.75) is 130 Å². The van der Waals surface area contributed by atoms with Crippen LogP contribution in [0.2, 0.25) is 0 Å². The molecule has 0 bridgehead atoms. The van der Waals surface area contributed by atoms with E-state index in [1.807, 2.05) is 204 Å². The van der Waals surface area contributed by atoms with Crippen molar-refractivity contribution >= 4 is 35.3 Å². The quantitative estimate of drug-likeness (QED) is 0.0371. The Morgan fingerprint density at radius 3 is 1.06 bits per heavy atom. The summed E-state index contributed by atoms with van der Waals surface area (Å²) in [6.45, 7) is 10.2. The zero-order chi connectivity index (χ0) is 56.1. The molecular formula is C67H81N3O8. The third-order valence-corrected chi connectivity index (χ3v) is 13.6. The molecule has 0 aliphatic rings. The van der Waals surface area contributed by atoms with Gasteiger partial charge in [0.25, 0.3) is 0 Å². The summed E-state index contributed by atoms with van der Waals surface area (Å²) >= 11 is 0. The summed E-state index contributed by atoms with van der Waals surface area (Å²) < 4.78 is 11.3. The molecule has 0 aromatic heterocycles. The maximum absolute atomic E-state index is 13.6. The lowest BCUT2D eigenvalue weighted by Crippen LogP contribution is -2.49. The average molecular weight is 1060 g/mol. The summed E-state index contributed by atoms with van der Waals surface area (Å²) in [5.74, 6) is -2.79. The number of ketones is 2. The van der Waals surface area contributed by atoms with E-state index in [2.05, 4.69) is 22.8 Å². The Morgan fingerprint density at radius 1 is 0.410 bits per heavy atom. The fraction of sp³-hybridized carbons (Fsp3) is 0.373. The number of esters is 2. The zero-order valence-electron chi connectivity index (χ0n) is 46.3. The van der Waals surface area contributed by atoms with Crippen LogP contribution in [0.4, 0.5) is 0 Å². The fourth-order valence-electron chi connectivity index (χ4n) is 9.07. The molecule has 0 aliphatic carbocycles. The van der Waals surface area contributed by atoms with E-state index < -0.39 is 41.9 Å². The molecule has 4 N–H and O–H groups in total. The molecule has 6 aromatic rings. The Labute approximate surface area is 463 Å². The molecule has 0 radical (unpaired) electrons. The second-order valence-electron chi connectivity index (χ2n) is 21.2. The summed E-state index contributed by atoms with van der Waals surface area (Å²) in [4.78, 5) is 79.5. The van der Waals surface area contributed by atoms with E-state index in [0.29, 0.717) is 44.9 Å². The Kier molecular flexibility index (Phi) is 26.4. The van der Waals surface area contributed by atoms with Crippen molar-refractivity contribution in [1.29, 1.82) is 0 Å². The SMILES string of the molecule is CC(C)C[C@H](NC(=O)[C@@H](C)CCc1ccccc1)C(=O)C[C@@H](Cc1ccccc1)C(=O)OCc1ccccc1.CC(C)C[C@H](NC(=O)[C@@H](N)CCc1ccccc1)C(=O)C[C@@H](Cc1ccccc1)C(=O)OCc1ccccc1. The van der Waals surface area contributed by atoms with Crippen molar-refractivity contribution in [1.82, 2.24) is 10.6 Å². The van der Waals surface area contributed by atoms with Crippen LogP contribution in [0.25, 0.3) is 0 Å². The molecule has 78 heavy (non-hydrogen) atoms. The Morgan fingerprint density at radius 2 is 0.718 bits per heavy atom. The lowest BCUT2D eigenvalue weighted by molar-refractivity contribution is -0.152. The van der Waals surface area contributed by atoms with Gasteiger partial charge in [0.05, 0.1) is 30.0 Å². The number of carbonyl (C=O) groups excluding carboxylic acids is 6. The standard InChI is InChI=1S/C34H41NO4.C33H40N2O4/c1-25(2)21-31(35-33(37)26(3)19-20-27-13-7-4-8-14-27)32(36)23-30(22-28-15-9-5-10-16-28)34(38)39-24-29-17-11-6-12-18-29;1-24(2)20-30(35-32(37)29(34)19-18-25-12-6-3-7-13-25)31(36)22-28(21-26-14-8-4-9-15-26)33(38)39-23-27-16-10-5-11-17-27/h4-18,25-26,30-31H,19-24H2,1-3H3,(H,35,37);3-17,24,28-30H,18-23,34H2,1-2H3,(H,35,37)/t26-,30+,31-;28-,29+,30+/m01/s1. The molecule has 0 saturated carbocycles. The van der Waals surface area contributed by atoms with Crippen LogP contribution < -0.4 is 16.4 Å².